The molecule has 2 aromatic rings. The fourth-order valence-electron chi connectivity index (χ4n) is 3.15. The Hall–Kier alpha value is -1.95. The summed E-state index contributed by atoms with van der Waals surface area (Å²) in [6, 6.07) is 12.5. The van der Waals surface area contributed by atoms with Crippen molar-refractivity contribution in [3.05, 3.63) is 53.0 Å². The second-order valence-electron chi connectivity index (χ2n) is 6.90. The summed E-state index contributed by atoms with van der Waals surface area (Å²) < 4.78 is 52.5. The highest BCUT2D eigenvalue weighted by atomic mass is 79.9. The van der Waals surface area contributed by atoms with E-state index in [0.717, 1.165) is 23.4 Å². The smallest absolute Gasteiger partial charge is 0.245 e. The highest BCUT2D eigenvalue weighted by molar-refractivity contribution is 9.10. The van der Waals surface area contributed by atoms with Crippen molar-refractivity contribution in [2.75, 3.05) is 35.5 Å². The number of nitrogens with one attached hydrogen (secondary N) is 1. The summed E-state index contributed by atoms with van der Waals surface area (Å²) in [4.78, 5) is 12.6. The second-order valence-corrected chi connectivity index (χ2v) is 11.6. The minimum absolute atomic E-state index is 0.161. The summed E-state index contributed by atoms with van der Waals surface area (Å²) in [5.74, 6) is -0.550. The third-order valence-corrected chi connectivity index (χ3v) is 8.36. The van der Waals surface area contributed by atoms with Crippen LogP contribution in [0.1, 0.15) is 12.8 Å². The number of rotatable bonds is 7. The Morgan fingerprint density at radius 2 is 1.63 bits per heavy atom. The molecule has 0 bridgehead atoms. The predicted molar refractivity (Wildman–Crippen MR) is 119 cm³/mol. The molecule has 0 radical (unpaired) electrons. The van der Waals surface area contributed by atoms with Crippen LogP contribution >= 0.6 is 15.9 Å². The van der Waals surface area contributed by atoms with E-state index >= 15 is 0 Å². The highest BCUT2D eigenvalue weighted by Gasteiger charge is 2.27. The monoisotopic (exact) mass is 515 g/mol. The molecule has 1 saturated heterocycles. The van der Waals surface area contributed by atoms with Crippen LogP contribution in [0.5, 0.6) is 0 Å². The Morgan fingerprint density at radius 1 is 1.03 bits per heavy atom. The first-order chi connectivity index (χ1) is 14.1. The molecule has 0 aromatic heterocycles. The topological polar surface area (TPSA) is 104 Å². The standard InChI is InChI=1S/C19H22BrN3O5S2/c1-29(25,26)23(18-7-3-2-6-17(18)20)14-19(24)21-15-8-10-16(11-9-15)30(27,28)22-12-4-5-13-22/h2-3,6-11H,4-5,12-14H2,1H3,(H,21,24). The van der Waals surface area contributed by atoms with Crippen LogP contribution < -0.4 is 9.62 Å². The van der Waals surface area contributed by atoms with Gasteiger partial charge in [0.2, 0.25) is 26.0 Å². The van der Waals surface area contributed by atoms with Crippen molar-refractivity contribution in [3.63, 3.8) is 0 Å². The Balaban J connectivity index is 1.73. The SMILES string of the molecule is CS(=O)(=O)N(CC(=O)Nc1ccc(S(=O)(=O)N2CCCC2)cc1)c1ccccc1Br. The molecule has 30 heavy (non-hydrogen) atoms. The molecule has 8 nitrogen and oxygen atoms in total. The fourth-order valence-corrected chi connectivity index (χ4v) is 6.16. The van der Waals surface area contributed by atoms with E-state index in [0.29, 0.717) is 28.9 Å². The summed E-state index contributed by atoms with van der Waals surface area (Å²) in [6.07, 6.45) is 2.72. The number of benzene rings is 2. The normalized spacial score (nSPS) is 15.1. The first-order valence-electron chi connectivity index (χ1n) is 9.21. The summed E-state index contributed by atoms with van der Waals surface area (Å²) in [6.45, 7) is 0.601. The third-order valence-electron chi connectivity index (χ3n) is 4.65. The van der Waals surface area contributed by atoms with Crippen LogP contribution in [0.15, 0.2) is 57.9 Å². The van der Waals surface area contributed by atoms with Crippen molar-refractivity contribution in [2.45, 2.75) is 17.7 Å². The largest absolute Gasteiger partial charge is 0.325 e. The lowest BCUT2D eigenvalue weighted by Crippen LogP contribution is -2.37. The Bertz CT molecular complexity index is 1130. The van der Waals surface area contributed by atoms with Gasteiger partial charge in [0.25, 0.3) is 0 Å². The van der Waals surface area contributed by atoms with E-state index in [1.165, 1.54) is 28.6 Å². The highest BCUT2D eigenvalue weighted by Crippen LogP contribution is 2.27. The first kappa shape index (κ1) is 22.7. The van der Waals surface area contributed by atoms with Crippen LogP contribution in [0.4, 0.5) is 11.4 Å². The first-order valence-corrected chi connectivity index (χ1v) is 13.3. The van der Waals surface area contributed by atoms with Crippen LogP contribution in [0, 0.1) is 0 Å². The van der Waals surface area contributed by atoms with Crippen molar-refractivity contribution in [1.29, 1.82) is 0 Å². The zero-order chi connectivity index (χ0) is 21.9. The Labute approximate surface area is 185 Å². The molecule has 0 saturated carbocycles. The molecule has 1 heterocycles. The van der Waals surface area contributed by atoms with Gasteiger partial charge in [-0.1, -0.05) is 12.1 Å². The Morgan fingerprint density at radius 3 is 2.20 bits per heavy atom. The van der Waals surface area contributed by atoms with Crippen LogP contribution in [0.2, 0.25) is 0 Å². The number of amides is 1. The minimum atomic E-state index is -3.71. The number of sulfonamides is 2. The summed E-state index contributed by atoms with van der Waals surface area (Å²) >= 11 is 3.30. The molecule has 1 aliphatic heterocycles. The molecular weight excluding hydrogens is 494 g/mol. The number of para-hydroxylation sites is 1. The second kappa shape index (κ2) is 9.04. The van der Waals surface area contributed by atoms with Crippen LogP contribution in [-0.4, -0.2) is 52.9 Å². The predicted octanol–water partition coefficient (Wildman–Crippen LogP) is 2.64. The van der Waals surface area contributed by atoms with Crippen LogP contribution in [0.25, 0.3) is 0 Å². The molecule has 1 fully saturated rings. The number of nitrogens with zero attached hydrogens (tertiary/aromatic N) is 2. The zero-order valence-corrected chi connectivity index (χ0v) is 19.5. The van der Waals surface area contributed by atoms with Crippen molar-refractivity contribution in [2.24, 2.45) is 0 Å². The van der Waals surface area contributed by atoms with Crippen molar-refractivity contribution in [1.82, 2.24) is 4.31 Å². The molecule has 0 spiro atoms. The van der Waals surface area contributed by atoms with E-state index < -0.39 is 32.5 Å². The molecule has 0 unspecified atom stereocenters. The molecule has 2 aromatic carbocycles. The molecular formula is C19H22BrN3O5S2. The third kappa shape index (κ3) is 5.20. The van der Waals surface area contributed by atoms with E-state index in [9.17, 15) is 21.6 Å². The summed E-state index contributed by atoms with van der Waals surface area (Å²) in [5.41, 5.74) is 0.725. The molecule has 0 aliphatic carbocycles. The summed E-state index contributed by atoms with van der Waals surface area (Å²) in [7, 11) is -7.24. The van der Waals surface area contributed by atoms with Gasteiger partial charge in [0.05, 0.1) is 16.8 Å². The number of hydrogen-bond acceptors (Lipinski definition) is 5. The van der Waals surface area contributed by atoms with E-state index in [4.69, 9.17) is 0 Å². The lowest BCUT2D eigenvalue weighted by atomic mass is 10.3. The maximum absolute atomic E-state index is 12.6. The molecule has 1 N–H and O–H groups in total. The van der Waals surface area contributed by atoms with Gasteiger partial charge in [-0.2, -0.15) is 4.31 Å². The molecule has 0 atom stereocenters. The quantitative estimate of drug-likeness (QED) is 0.610. The molecule has 1 aliphatic rings. The average molecular weight is 516 g/mol. The fraction of sp³-hybridized carbons (Fsp3) is 0.316. The van der Waals surface area contributed by atoms with Gasteiger partial charge in [-0.25, -0.2) is 16.8 Å². The number of hydrogen-bond donors (Lipinski definition) is 1. The molecule has 162 valence electrons. The van der Waals surface area contributed by atoms with E-state index in [1.807, 2.05) is 0 Å². The van der Waals surface area contributed by atoms with Gasteiger partial charge in [0.15, 0.2) is 0 Å². The Kier molecular flexibility index (Phi) is 6.85. The van der Waals surface area contributed by atoms with Gasteiger partial charge >= 0.3 is 0 Å². The lowest BCUT2D eigenvalue weighted by Gasteiger charge is -2.23. The van der Waals surface area contributed by atoms with Gasteiger partial charge in [-0.15, -0.1) is 0 Å². The van der Waals surface area contributed by atoms with Gasteiger partial charge in [-0.05, 0) is 65.2 Å². The minimum Gasteiger partial charge on any atom is -0.325 e. The maximum Gasteiger partial charge on any atom is 0.245 e. The molecule has 11 heteroatoms. The van der Waals surface area contributed by atoms with Crippen LogP contribution in [0.3, 0.4) is 0 Å². The van der Waals surface area contributed by atoms with Gasteiger partial charge < -0.3 is 5.32 Å². The van der Waals surface area contributed by atoms with E-state index in [-0.39, 0.29) is 4.90 Å². The number of carbonyl (C=O) groups is 1. The lowest BCUT2D eigenvalue weighted by molar-refractivity contribution is -0.114. The number of halogens is 1. The number of carbonyl (C=O) groups excluding carboxylic acids is 1. The molecule has 1 amide bonds. The average Bonchev–Trinajstić information content (AvgIpc) is 3.22. The van der Waals surface area contributed by atoms with E-state index in [2.05, 4.69) is 21.2 Å². The van der Waals surface area contributed by atoms with Gasteiger partial charge in [0.1, 0.15) is 6.54 Å². The van der Waals surface area contributed by atoms with Gasteiger partial charge in [0, 0.05) is 23.2 Å². The maximum atomic E-state index is 12.6. The summed E-state index contributed by atoms with van der Waals surface area (Å²) in [5, 5.41) is 2.61. The van der Waals surface area contributed by atoms with Crippen LogP contribution in [-0.2, 0) is 24.8 Å². The molecule has 3 rings (SSSR count). The van der Waals surface area contributed by atoms with E-state index in [1.54, 1.807) is 24.3 Å². The van der Waals surface area contributed by atoms with Crippen molar-refractivity contribution < 1.29 is 21.6 Å². The number of anilines is 2. The van der Waals surface area contributed by atoms with Gasteiger partial charge in [-0.3, -0.25) is 9.10 Å². The van der Waals surface area contributed by atoms with Crippen molar-refractivity contribution >= 4 is 53.3 Å². The zero-order valence-electron chi connectivity index (χ0n) is 16.3. The van der Waals surface area contributed by atoms with Crippen molar-refractivity contribution in [3.8, 4) is 0 Å².